The molecule has 0 fully saturated rings. The number of sulfone groups is 1. The molecule has 1 heterocycles. The van der Waals surface area contributed by atoms with Gasteiger partial charge in [-0.3, -0.25) is 0 Å². The number of hydrogen-bond acceptors (Lipinski definition) is 4. The fourth-order valence-corrected chi connectivity index (χ4v) is 4.51. The maximum atomic E-state index is 12.4. The first-order valence-electron chi connectivity index (χ1n) is 6.02. The lowest BCUT2D eigenvalue weighted by molar-refractivity contribution is 0.373. The Morgan fingerprint density at radius 1 is 1.28 bits per heavy atom. The molecule has 0 saturated heterocycles. The molecule has 1 aliphatic rings. The number of methoxy groups -OCH3 is 1. The molecular weight excluding hydrogens is 250 g/mol. The molecule has 1 aromatic carbocycles. The van der Waals surface area contributed by atoms with E-state index in [1.54, 1.807) is 26.2 Å². The quantitative estimate of drug-likeness (QED) is 0.889. The lowest BCUT2D eigenvalue weighted by atomic mass is 9.91. The predicted octanol–water partition coefficient (Wildman–Crippen LogP) is 1.77. The molecule has 0 aliphatic carbocycles. The SMILES string of the molecule is CNC1c2cc(OC)ccc2S(=O)(=O)C(C)C1C. The Kier molecular flexibility index (Phi) is 3.38. The Bertz CT molecular complexity index is 553. The Hall–Kier alpha value is -1.07. The zero-order chi connectivity index (χ0) is 13.5. The van der Waals surface area contributed by atoms with Crippen molar-refractivity contribution in [1.29, 1.82) is 0 Å². The van der Waals surface area contributed by atoms with Gasteiger partial charge in [0.2, 0.25) is 0 Å². The first-order chi connectivity index (χ1) is 8.43. The first-order valence-corrected chi connectivity index (χ1v) is 7.57. The van der Waals surface area contributed by atoms with Gasteiger partial charge in [-0.15, -0.1) is 0 Å². The van der Waals surface area contributed by atoms with Crippen LogP contribution in [0.25, 0.3) is 0 Å². The van der Waals surface area contributed by atoms with Gasteiger partial charge in [0.1, 0.15) is 5.75 Å². The van der Waals surface area contributed by atoms with Crippen molar-refractivity contribution in [3.05, 3.63) is 23.8 Å². The monoisotopic (exact) mass is 269 g/mol. The third-order valence-corrected chi connectivity index (χ3v) is 6.32. The molecule has 100 valence electrons. The van der Waals surface area contributed by atoms with E-state index < -0.39 is 9.84 Å². The maximum Gasteiger partial charge on any atom is 0.181 e. The summed E-state index contributed by atoms with van der Waals surface area (Å²) in [6.45, 7) is 3.74. The molecule has 2 rings (SSSR count). The molecule has 0 bridgehead atoms. The van der Waals surface area contributed by atoms with Crippen LogP contribution in [-0.4, -0.2) is 27.8 Å². The number of fused-ring (bicyclic) bond motifs is 1. The molecule has 1 aromatic rings. The third-order valence-electron chi connectivity index (χ3n) is 3.93. The second kappa shape index (κ2) is 4.55. The molecule has 4 nitrogen and oxygen atoms in total. The summed E-state index contributed by atoms with van der Waals surface area (Å²) in [4.78, 5) is 0.424. The topological polar surface area (TPSA) is 55.4 Å². The smallest absolute Gasteiger partial charge is 0.181 e. The molecule has 3 atom stereocenters. The molecule has 0 saturated carbocycles. The van der Waals surface area contributed by atoms with E-state index in [1.807, 2.05) is 20.0 Å². The average molecular weight is 269 g/mol. The fraction of sp³-hybridized carbons (Fsp3) is 0.538. The van der Waals surface area contributed by atoms with E-state index in [4.69, 9.17) is 4.74 Å². The van der Waals surface area contributed by atoms with Crippen LogP contribution >= 0.6 is 0 Å². The normalized spacial score (nSPS) is 29.7. The Labute approximate surface area is 108 Å². The van der Waals surface area contributed by atoms with Gasteiger partial charge in [0, 0.05) is 6.04 Å². The molecule has 5 heteroatoms. The summed E-state index contributed by atoms with van der Waals surface area (Å²) < 4.78 is 30.0. The van der Waals surface area contributed by atoms with Crippen LogP contribution in [0.1, 0.15) is 25.5 Å². The van der Waals surface area contributed by atoms with E-state index in [-0.39, 0.29) is 17.2 Å². The van der Waals surface area contributed by atoms with Crippen LogP contribution in [0.4, 0.5) is 0 Å². The highest BCUT2D eigenvalue weighted by molar-refractivity contribution is 7.92. The van der Waals surface area contributed by atoms with Crippen molar-refractivity contribution in [2.24, 2.45) is 5.92 Å². The molecule has 0 radical (unpaired) electrons. The molecule has 1 N–H and O–H groups in total. The summed E-state index contributed by atoms with van der Waals surface area (Å²) in [6.07, 6.45) is 0. The highest BCUT2D eigenvalue weighted by Gasteiger charge is 2.41. The summed E-state index contributed by atoms with van der Waals surface area (Å²) in [5.74, 6) is 0.713. The zero-order valence-electron chi connectivity index (χ0n) is 11.1. The van der Waals surface area contributed by atoms with E-state index in [2.05, 4.69) is 5.32 Å². The number of hydrogen-bond donors (Lipinski definition) is 1. The van der Waals surface area contributed by atoms with Gasteiger partial charge in [-0.05, 0) is 43.7 Å². The Morgan fingerprint density at radius 3 is 2.50 bits per heavy atom. The van der Waals surface area contributed by atoms with E-state index in [1.165, 1.54) is 0 Å². The van der Waals surface area contributed by atoms with Gasteiger partial charge in [0.15, 0.2) is 9.84 Å². The average Bonchev–Trinajstić information content (AvgIpc) is 2.36. The van der Waals surface area contributed by atoms with Crippen LogP contribution < -0.4 is 10.1 Å². The molecule has 18 heavy (non-hydrogen) atoms. The summed E-state index contributed by atoms with van der Waals surface area (Å²) >= 11 is 0. The van der Waals surface area contributed by atoms with Crippen LogP contribution in [0.2, 0.25) is 0 Å². The lowest BCUT2D eigenvalue weighted by Crippen LogP contribution is -2.40. The van der Waals surface area contributed by atoms with Crippen molar-refractivity contribution in [1.82, 2.24) is 5.32 Å². The molecule has 3 unspecified atom stereocenters. The van der Waals surface area contributed by atoms with Gasteiger partial charge in [-0.25, -0.2) is 8.42 Å². The van der Waals surface area contributed by atoms with Gasteiger partial charge in [0.05, 0.1) is 17.3 Å². The number of nitrogens with one attached hydrogen (secondary N) is 1. The van der Waals surface area contributed by atoms with E-state index >= 15 is 0 Å². The van der Waals surface area contributed by atoms with Crippen molar-refractivity contribution in [2.75, 3.05) is 14.2 Å². The maximum absolute atomic E-state index is 12.4. The van der Waals surface area contributed by atoms with Crippen molar-refractivity contribution in [2.45, 2.75) is 30.0 Å². The molecule has 0 spiro atoms. The van der Waals surface area contributed by atoms with E-state index in [0.29, 0.717) is 10.6 Å². The van der Waals surface area contributed by atoms with Crippen LogP contribution in [0.15, 0.2) is 23.1 Å². The van der Waals surface area contributed by atoms with Gasteiger partial charge in [-0.2, -0.15) is 0 Å². The molecule has 0 amide bonds. The van der Waals surface area contributed by atoms with Crippen molar-refractivity contribution < 1.29 is 13.2 Å². The van der Waals surface area contributed by atoms with Crippen LogP contribution in [0, 0.1) is 5.92 Å². The lowest BCUT2D eigenvalue weighted by Gasteiger charge is -2.35. The summed E-state index contributed by atoms with van der Waals surface area (Å²) in [5, 5.41) is 2.83. The molecular formula is C13H19NO3S. The van der Waals surface area contributed by atoms with E-state index in [0.717, 1.165) is 5.56 Å². The van der Waals surface area contributed by atoms with Crippen molar-refractivity contribution in [3.8, 4) is 5.75 Å². The third kappa shape index (κ3) is 1.82. The first kappa shape index (κ1) is 13.4. The number of ether oxygens (including phenoxy) is 1. The minimum absolute atomic E-state index is 0.0274. The largest absolute Gasteiger partial charge is 0.497 e. The number of rotatable bonds is 2. The van der Waals surface area contributed by atoms with Crippen LogP contribution in [0.3, 0.4) is 0 Å². The molecule has 0 aromatic heterocycles. The van der Waals surface area contributed by atoms with Gasteiger partial charge in [0.25, 0.3) is 0 Å². The Balaban J connectivity index is 2.69. The Morgan fingerprint density at radius 2 is 1.94 bits per heavy atom. The summed E-state index contributed by atoms with van der Waals surface area (Å²) in [5.41, 5.74) is 0.808. The summed E-state index contributed by atoms with van der Waals surface area (Å²) in [7, 11) is 0.206. The summed E-state index contributed by atoms with van der Waals surface area (Å²) in [6, 6.07) is 5.20. The molecule has 1 aliphatic heterocycles. The number of benzene rings is 1. The van der Waals surface area contributed by atoms with Crippen LogP contribution in [0.5, 0.6) is 5.75 Å². The van der Waals surface area contributed by atoms with Crippen molar-refractivity contribution >= 4 is 9.84 Å². The van der Waals surface area contributed by atoms with Gasteiger partial charge >= 0.3 is 0 Å². The predicted molar refractivity (Wildman–Crippen MR) is 70.6 cm³/mol. The van der Waals surface area contributed by atoms with E-state index in [9.17, 15) is 8.42 Å². The standard InChI is InChI=1S/C13H19NO3S/c1-8-9(2)18(15,16)12-6-5-10(17-4)7-11(12)13(8)14-3/h5-9,13-14H,1-4H3. The minimum Gasteiger partial charge on any atom is -0.497 e. The van der Waals surface area contributed by atoms with Crippen molar-refractivity contribution in [3.63, 3.8) is 0 Å². The highest BCUT2D eigenvalue weighted by Crippen LogP contribution is 2.41. The highest BCUT2D eigenvalue weighted by atomic mass is 32.2. The fourth-order valence-electron chi connectivity index (χ4n) is 2.61. The zero-order valence-corrected chi connectivity index (χ0v) is 11.9. The second-order valence-corrected chi connectivity index (χ2v) is 7.05. The van der Waals surface area contributed by atoms with Gasteiger partial charge in [-0.1, -0.05) is 6.92 Å². The second-order valence-electron chi connectivity index (χ2n) is 4.78. The van der Waals surface area contributed by atoms with Crippen LogP contribution in [-0.2, 0) is 9.84 Å². The minimum atomic E-state index is -3.23. The van der Waals surface area contributed by atoms with Gasteiger partial charge < -0.3 is 10.1 Å².